The van der Waals surface area contributed by atoms with E-state index in [2.05, 4.69) is 106 Å². The van der Waals surface area contributed by atoms with Gasteiger partial charge in [0.25, 0.3) is 0 Å². The molecule has 4 rings (SSSR count). The first kappa shape index (κ1) is 28.1. The summed E-state index contributed by atoms with van der Waals surface area (Å²) in [6.07, 6.45) is 4.15. The number of ether oxygens (including phenoxy) is 3. The first-order chi connectivity index (χ1) is 18.7. The lowest BCUT2D eigenvalue weighted by atomic mass is 10.1. The molecule has 0 aliphatic heterocycles. The molecule has 0 N–H and O–H groups in total. The van der Waals surface area contributed by atoms with Crippen molar-refractivity contribution >= 4 is 30.8 Å². The van der Waals surface area contributed by atoms with Gasteiger partial charge in [0.1, 0.15) is 5.75 Å². The van der Waals surface area contributed by atoms with E-state index < -0.39 is 8.32 Å². The van der Waals surface area contributed by atoms with Crippen LogP contribution in [-0.4, -0.2) is 29.6 Å². The third-order valence-corrected chi connectivity index (χ3v) is 12.0. The van der Waals surface area contributed by atoms with E-state index in [1.54, 1.807) is 21.3 Å². The molecule has 0 saturated carbocycles. The summed E-state index contributed by atoms with van der Waals surface area (Å²) in [5.41, 5.74) is 3.05. The molecule has 5 heteroatoms. The van der Waals surface area contributed by atoms with Crippen molar-refractivity contribution in [3.63, 3.8) is 0 Å². The Morgan fingerprint density at radius 1 is 0.590 bits per heavy atom. The Labute approximate surface area is 234 Å². The lowest BCUT2D eigenvalue weighted by Gasteiger charge is -2.43. The van der Waals surface area contributed by atoms with Gasteiger partial charge >= 0.3 is 8.32 Å². The average Bonchev–Trinajstić information content (AvgIpc) is 2.94. The molecule has 202 valence electrons. The van der Waals surface area contributed by atoms with Gasteiger partial charge in [-0.2, -0.15) is 0 Å². The smallest absolute Gasteiger partial charge is 0.320 e. The standard InChI is InChI=1S/C34H38O4Si/c1-25-22-27(24-32(36-6)33(25)37-7)19-18-26-20-21-30(35-5)31(23-26)38-39(34(2,3)4,28-14-10-8-11-15-28)29-16-12-9-13-17-29/h8-24H,1-7H3. The Balaban J connectivity index is 1.81. The molecule has 0 bridgehead atoms. The molecule has 0 heterocycles. The topological polar surface area (TPSA) is 36.9 Å². The highest BCUT2D eigenvalue weighted by Gasteiger charge is 2.52. The van der Waals surface area contributed by atoms with Crippen LogP contribution < -0.4 is 29.0 Å². The molecule has 4 aromatic carbocycles. The van der Waals surface area contributed by atoms with Crippen molar-refractivity contribution in [3.05, 3.63) is 108 Å². The number of rotatable bonds is 9. The van der Waals surface area contributed by atoms with E-state index in [1.165, 1.54) is 10.4 Å². The van der Waals surface area contributed by atoms with Crippen LogP contribution in [0.5, 0.6) is 23.0 Å². The highest BCUT2D eigenvalue weighted by molar-refractivity contribution is 7.00. The van der Waals surface area contributed by atoms with Gasteiger partial charge in [0, 0.05) is 0 Å². The van der Waals surface area contributed by atoms with E-state index in [4.69, 9.17) is 18.6 Å². The molecule has 0 spiro atoms. The quantitative estimate of drug-likeness (QED) is 0.168. The summed E-state index contributed by atoms with van der Waals surface area (Å²) in [5, 5.41) is 2.27. The molecule has 0 amide bonds. The fourth-order valence-corrected chi connectivity index (χ4v) is 9.58. The third-order valence-electron chi connectivity index (χ3n) is 7.02. The maximum Gasteiger partial charge on any atom is 0.320 e. The van der Waals surface area contributed by atoms with Gasteiger partial charge in [0.05, 0.1) is 21.3 Å². The number of hydrogen-bond acceptors (Lipinski definition) is 4. The lowest BCUT2D eigenvalue weighted by molar-refractivity contribution is 0.353. The van der Waals surface area contributed by atoms with Crippen LogP contribution >= 0.6 is 0 Å². The molecule has 4 nitrogen and oxygen atoms in total. The Hall–Kier alpha value is -3.96. The second-order valence-corrected chi connectivity index (χ2v) is 14.8. The first-order valence-electron chi connectivity index (χ1n) is 13.1. The molecule has 0 fully saturated rings. The minimum Gasteiger partial charge on any atom is -0.531 e. The first-order valence-corrected chi connectivity index (χ1v) is 15.0. The largest absolute Gasteiger partial charge is 0.531 e. The highest BCUT2D eigenvalue weighted by Crippen LogP contribution is 2.40. The molecule has 0 saturated heterocycles. The molecule has 4 aromatic rings. The number of methoxy groups -OCH3 is 3. The highest BCUT2D eigenvalue weighted by atomic mass is 28.4. The Kier molecular flexibility index (Phi) is 8.51. The summed E-state index contributed by atoms with van der Waals surface area (Å²) < 4.78 is 24.1. The van der Waals surface area contributed by atoms with Gasteiger partial charge < -0.3 is 18.6 Å². The summed E-state index contributed by atoms with van der Waals surface area (Å²) in [4.78, 5) is 0. The van der Waals surface area contributed by atoms with Crippen molar-refractivity contribution in [2.75, 3.05) is 21.3 Å². The SMILES string of the molecule is COc1ccc(C=Cc2cc(C)c(OC)c(OC)c2)cc1O[Si](c1ccccc1)(c1ccccc1)C(C)(C)C. The van der Waals surface area contributed by atoms with Crippen molar-refractivity contribution in [3.8, 4) is 23.0 Å². The van der Waals surface area contributed by atoms with E-state index in [9.17, 15) is 0 Å². The van der Waals surface area contributed by atoms with Crippen LogP contribution in [0.1, 0.15) is 37.5 Å². The Morgan fingerprint density at radius 2 is 1.13 bits per heavy atom. The van der Waals surface area contributed by atoms with Crippen molar-refractivity contribution in [1.29, 1.82) is 0 Å². The van der Waals surface area contributed by atoms with E-state index in [-0.39, 0.29) is 5.04 Å². The fourth-order valence-electron chi connectivity index (χ4n) is 5.16. The van der Waals surface area contributed by atoms with Crippen LogP contribution in [0.15, 0.2) is 91.0 Å². The number of hydrogen-bond donors (Lipinski definition) is 0. The van der Waals surface area contributed by atoms with E-state index in [1.807, 2.05) is 25.1 Å². The maximum absolute atomic E-state index is 7.28. The predicted molar refractivity (Wildman–Crippen MR) is 164 cm³/mol. The van der Waals surface area contributed by atoms with Crippen LogP contribution in [0.3, 0.4) is 0 Å². The minimum absolute atomic E-state index is 0.163. The van der Waals surface area contributed by atoms with E-state index in [0.717, 1.165) is 28.2 Å². The summed E-state index contributed by atoms with van der Waals surface area (Å²) >= 11 is 0. The van der Waals surface area contributed by atoms with Crippen LogP contribution in [0.4, 0.5) is 0 Å². The summed E-state index contributed by atoms with van der Waals surface area (Å²) in [6.45, 7) is 8.83. The summed E-state index contributed by atoms with van der Waals surface area (Å²) in [6, 6.07) is 31.4. The van der Waals surface area contributed by atoms with Crippen LogP contribution in [0.25, 0.3) is 12.2 Å². The van der Waals surface area contributed by atoms with Crippen molar-refractivity contribution < 1.29 is 18.6 Å². The zero-order valence-electron chi connectivity index (χ0n) is 23.9. The van der Waals surface area contributed by atoms with Crippen molar-refractivity contribution in [2.45, 2.75) is 32.7 Å². The Morgan fingerprint density at radius 3 is 1.64 bits per heavy atom. The van der Waals surface area contributed by atoms with Gasteiger partial charge in [-0.05, 0) is 63.3 Å². The molecular weight excluding hydrogens is 500 g/mol. The molecular formula is C34H38O4Si. The number of aryl methyl sites for hydroxylation is 1. The normalized spacial score (nSPS) is 11.9. The van der Waals surface area contributed by atoms with Crippen molar-refractivity contribution in [1.82, 2.24) is 0 Å². The maximum atomic E-state index is 7.28. The molecule has 0 unspecified atom stereocenters. The molecule has 0 aliphatic rings. The Bertz CT molecular complexity index is 1380. The monoisotopic (exact) mass is 538 g/mol. The van der Waals surface area contributed by atoms with Gasteiger partial charge in [0.2, 0.25) is 0 Å². The van der Waals surface area contributed by atoms with Crippen LogP contribution in [0, 0.1) is 6.92 Å². The molecule has 0 radical (unpaired) electrons. The van der Waals surface area contributed by atoms with E-state index >= 15 is 0 Å². The number of benzene rings is 4. The summed E-state index contributed by atoms with van der Waals surface area (Å²) in [7, 11) is 2.19. The van der Waals surface area contributed by atoms with Gasteiger partial charge in [-0.3, -0.25) is 0 Å². The van der Waals surface area contributed by atoms with Gasteiger partial charge in [0.15, 0.2) is 17.2 Å². The van der Waals surface area contributed by atoms with E-state index in [0.29, 0.717) is 11.5 Å². The fraction of sp³-hybridized carbons (Fsp3) is 0.235. The molecule has 39 heavy (non-hydrogen) atoms. The van der Waals surface area contributed by atoms with Gasteiger partial charge in [-0.25, -0.2) is 0 Å². The van der Waals surface area contributed by atoms with Crippen molar-refractivity contribution in [2.24, 2.45) is 0 Å². The lowest BCUT2D eigenvalue weighted by Crippen LogP contribution is -2.68. The minimum atomic E-state index is -2.81. The second-order valence-electron chi connectivity index (χ2n) is 10.6. The predicted octanol–water partition coefficient (Wildman–Crippen LogP) is 7.13. The van der Waals surface area contributed by atoms with Gasteiger partial charge in [-0.1, -0.05) is 99.7 Å². The molecule has 0 aromatic heterocycles. The summed E-state index contributed by atoms with van der Waals surface area (Å²) in [5.74, 6) is 2.90. The third kappa shape index (κ3) is 5.74. The van der Waals surface area contributed by atoms with Crippen LogP contribution in [-0.2, 0) is 0 Å². The zero-order valence-corrected chi connectivity index (χ0v) is 24.9. The van der Waals surface area contributed by atoms with Crippen LogP contribution in [0.2, 0.25) is 5.04 Å². The molecule has 0 atom stereocenters. The molecule has 0 aliphatic carbocycles. The zero-order chi connectivity index (χ0) is 28.0. The average molecular weight is 539 g/mol. The van der Waals surface area contributed by atoms with Gasteiger partial charge in [-0.15, -0.1) is 0 Å². The second kappa shape index (κ2) is 11.8.